The molecule has 0 spiro atoms. The van der Waals surface area contributed by atoms with Crippen molar-refractivity contribution in [3.8, 4) is 0 Å². The van der Waals surface area contributed by atoms with E-state index in [9.17, 15) is 9.59 Å². The Bertz CT molecular complexity index is 812. The normalized spacial score (nSPS) is 22.1. The van der Waals surface area contributed by atoms with Crippen molar-refractivity contribution in [3.05, 3.63) is 71.8 Å². The molecular formula is C22H25N3O3. The molecular weight excluding hydrogens is 354 g/mol. The second-order valence-electron chi connectivity index (χ2n) is 7.35. The molecule has 3 amide bonds. The first kappa shape index (κ1) is 18.3. The molecule has 2 saturated heterocycles. The molecule has 28 heavy (non-hydrogen) atoms. The lowest BCUT2D eigenvalue weighted by atomic mass is 10.0. The molecule has 2 aromatic carbocycles. The van der Waals surface area contributed by atoms with Crippen LogP contribution in [0.3, 0.4) is 0 Å². The quantitative estimate of drug-likeness (QED) is 0.884. The molecule has 0 radical (unpaired) electrons. The standard InChI is InChI=1S/C22H25N3O3/c26-21-23-20(18-10-5-2-6-11-18)15-25(21)19-12-7-13-24(14-19)22(27)28-16-17-8-3-1-4-9-17/h1-6,8-11,19-20H,7,12-16H2,(H,23,26)/t19-,20?/m0/s1. The van der Waals surface area contributed by atoms with Crippen molar-refractivity contribution >= 4 is 12.1 Å². The molecule has 1 unspecified atom stereocenters. The maximum Gasteiger partial charge on any atom is 0.410 e. The van der Waals surface area contributed by atoms with E-state index >= 15 is 0 Å². The summed E-state index contributed by atoms with van der Waals surface area (Å²) in [4.78, 5) is 28.6. The third-order valence-corrected chi connectivity index (χ3v) is 5.44. The van der Waals surface area contributed by atoms with Gasteiger partial charge in [0.05, 0.1) is 12.1 Å². The lowest BCUT2D eigenvalue weighted by Gasteiger charge is -2.36. The van der Waals surface area contributed by atoms with Crippen LogP contribution in [0.1, 0.15) is 30.0 Å². The fourth-order valence-corrected chi connectivity index (χ4v) is 3.93. The summed E-state index contributed by atoms with van der Waals surface area (Å²) in [6.45, 7) is 2.08. The van der Waals surface area contributed by atoms with E-state index in [1.165, 1.54) is 0 Å². The van der Waals surface area contributed by atoms with Crippen LogP contribution in [-0.4, -0.2) is 47.6 Å². The Morgan fingerprint density at radius 2 is 1.75 bits per heavy atom. The van der Waals surface area contributed by atoms with Crippen LogP contribution in [-0.2, 0) is 11.3 Å². The highest BCUT2D eigenvalue weighted by Crippen LogP contribution is 2.25. The number of hydrogen-bond acceptors (Lipinski definition) is 3. The van der Waals surface area contributed by atoms with E-state index in [4.69, 9.17) is 4.74 Å². The number of benzene rings is 2. The smallest absolute Gasteiger partial charge is 0.410 e. The van der Waals surface area contributed by atoms with Crippen molar-refractivity contribution in [2.24, 2.45) is 0 Å². The lowest BCUT2D eigenvalue weighted by molar-refractivity contribution is 0.0708. The monoisotopic (exact) mass is 379 g/mol. The van der Waals surface area contributed by atoms with Crippen molar-refractivity contribution in [2.75, 3.05) is 19.6 Å². The highest BCUT2D eigenvalue weighted by atomic mass is 16.6. The van der Waals surface area contributed by atoms with Crippen LogP contribution in [0.2, 0.25) is 0 Å². The molecule has 0 aliphatic carbocycles. The average molecular weight is 379 g/mol. The highest BCUT2D eigenvalue weighted by molar-refractivity contribution is 5.78. The Morgan fingerprint density at radius 3 is 2.50 bits per heavy atom. The lowest BCUT2D eigenvalue weighted by Crippen LogP contribution is -2.50. The van der Waals surface area contributed by atoms with E-state index in [-0.39, 0.29) is 30.8 Å². The maximum absolute atomic E-state index is 12.5. The van der Waals surface area contributed by atoms with Crippen LogP contribution in [0.4, 0.5) is 9.59 Å². The first-order valence-electron chi connectivity index (χ1n) is 9.78. The molecule has 2 fully saturated rings. The Balaban J connectivity index is 1.34. The second-order valence-corrected chi connectivity index (χ2v) is 7.35. The van der Waals surface area contributed by atoms with E-state index in [1.54, 1.807) is 4.90 Å². The fourth-order valence-electron chi connectivity index (χ4n) is 3.93. The van der Waals surface area contributed by atoms with Crippen molar-refractivity contribution < 1.29 is 14.3 Å². The molecule has 6 nitrogen and oxygen atoms in total. The van der Waals surface area contributed by atoms with Gasteiger partial charge in [-0.25, -0.2) is 9.59 Å². The van der Waals surface area contributed by atoms with Gasteiger partial charge in [-0.1, -0.05) is 60.7 Å². The topological polar surface area (TPSA) is 61.9 Å². The number of ether oxygens (including phenoxy) is 1. The van der Waals surface area contributed by atoms with Crippen LogP contribution >= 0.6 is 0 Å². The number of amides is 3. The third kappa shape index (κ3) is 4.11. The third-order valence-electron chi connectivity index (χ3n) is 5.44. The van der Waals surface area contributed by atoms with Gasteiger partial charge < -0.3 is 19.9 Å². The van der Waals surface area contributed by atoms with E-state index in [2.05, 4.69) is 5.32 Å². The van der Waals surface area contributed by atoms with Crippen molar-refractivity contribution in [1.29, 1.82) is 0 Å². The zero-order valence-electron chi connectivity index (χ0n) is 15.8. The average Bonchev–Trinajstić information content (AvgIpc) is 3.15. The number of piperidine rings is 1. The molecule has 0 bridgehead atoms. The van der Waals surface area contributed by atoms with Gasteiger partial charge in [0.2, 0.25) is 0 Å². The second kappa shape index (κ2) is 8.33. The number of carbonyl (C=O) groups excluding carboxylic acids is 2. The molecule has 146 valence electrons. The molecule has 2 aliphatic heterocycles. The zero-order chi connectivity index (χ0) is 19.3. The van der Waals surface area contributed by atoms with Crippen molar-refractivity contribution in [1.82, 2.24) is 15.1 Å². The molecule has 2 aliphatic rings. The highest BCUT2D eigenvalue weighted by Gasteiger charge is 2.37. The van der Waals surface area contributed by atoms with Gasteiger partial charge in [0.1, 0.15) is 6.61 Å². The van der Waals surface area contributed by atoms with E-state index in [0.717, 1.165) is 24.0 Å². The predicted molar refractivity (Wildman–Crippen MR) is 106 cm³/mol. The van der Waals surface area contributed by atoms with E-state index in [0.29, 0.717) is 19.6 Å². The molecule has 2 aromatic rings. The number of rotatable bonds is 4. The number of carbonyl (C=O) groups is 2. The summed E-state index contributed by atoms with van der Waals surface area (Å²) >= 11 is 0. The van der Waals surface area contributed by atoms with Crippen molar-refractivity contribution in [3.63, 3.8) is 0 Å². The number of nitrogens with one attached hydrogen (secondary N) is 1. The van der Waals surface area contributed by atoms with Crippen LogP contribution in [0.15, 0.2) is 60.7 Å². The molecule has 4 rings (SSSR count). The zero-order valence-corrected chi connectivity index (χ0v) is 15.8. The minimum absolute atomic E-state index is 0.00545. The summed E-state index contributed by atoms with van der Waals surface area (Å²) < 4.78 is 5.46. The summed E-state index contributed by atoms with van der Waals surface area (Å²) in [7, 11) is 0. The minimum atomic E-state index is -0.312. The van der Waals surface area contributed by atoms with Gasteiger partial charge in [-0.3, -0.25) is 0 Å². The molecule has 0 saturated carbocycles. The number of hydrogen-bond donors (Lipinski definition) is 1. The molecule has 0 aromatic heterocycles. The van der Waals surface area contributed by atoms with Crippen LogP contribution in [0.25, 0.3) is 0 Å². The van der Waals surface area contributed by atoms with Gasteiger partial charge in [0.15, 0.2) is 0 Å². The summed E-state index contributed by atoms with van der Waals surface area (Å²) in [5, 5.41) is 3.06. The van der Waals surface area contributed by atoms with Crippen LogP contribution < -0.4 is 5.32 Å². The number of nitrogens with zero attached hydrogens (tertiary/aromatic N) is 2. The fraction of sp³-hybridized carbons (Fsp3) is 0.364. The summed E-state index contributed by atoms with van der Waals surface area (Å²) in [6.07, 6.45) is 1.45. The van der Waals surface area contributed by atoms with Gasteiger partial charge in [0, 0.05) is 19.6 Å². The minimum Gasteiger partial charge on any atom is -0.445 e. The van der Waals surface area contributed by atoms with E-state index in [1.807, 2.05) is 65.6 Å². The summed E-state index contributed by atoms with van der Waals surface area (Å²) in [5.41, 5.74) is 2.07. The Kier molecular flexibility index (Phi) is 5.46. The Hall–Kier alpha value is -3.02. The van der Waals surface area contributed by atoms with Crippen molar-refractivity contribution in [2.45, 2.75) is 31.5 Å². The first-order chi connectivity index (χ1) is 13.7. The largest absolute Gasteiger partial charge is 0.445 e. The van der Waals surface area contributed by atoms with Gasteiger partial charge in [-0.2, -0.15) is 0 Å². The van der Waals surface area contributed by atoms with Gasteiger partial charge >= 0.3 is 12.1 Å². The Morgan fingerprint density at radius 1 is 1.04 bits per heavy atom. The van der Waals surface area contributed by atoms with Crippen LogP contribution in [0, 0.1) is 0 Å². The van der Waals surface area contributed by atoms with Gasteiger partial charge in [-0.15, -0.1) is 0 Å². The predicted octanol–water partition coefficient (Wildman–Crippen LogP) is 3.55. The molecule has 2 heterocycles. The first-order valence-corrected chi connectivity index (χ1v) is 9.78. The van der Waals surface area contributed by atoms with Crippen LogP contribution in [0.5, 0.6) is 0 Å². The number of urea groups is 1. The molecule has 1 N–H and O–H groups in total. The molecule has 2 atom stereocenters. The van der Waals surface area contributed by atoms with Gasteiger partial charge in [-0.05, 0) is 24.0 Å². The maximum atomic E-state index is 12.5. The van der Waals surface area contributed by atoms with Gasteiger partial charge in [0.25, 0.3) is 0 Å². The summed E-state index contributed by atoms with van der Waals surface area (Å²) in [5.74, 6) is 0. The Labute approximate surface area is 165 Å². The number of likely N-dealkylation sites (tertiary alicyclic amines) is 1. The SMILES string of the molecule is O=C(OCc1ccccc1)N1CCC[C@H](N2CC(c3ccccc3)NC2=O)C1. The molecule has 6 heteroatoms. The van der Waals surface area contributed by atoms with E-state index < -0.39 is 0 Å². The summed E-state index contributed by atoms with van der Waals surface area (Å²) in [6, 6.07) is 19.6.